The van der Waals surface area contributed by atoms with Crippen LogP contribution in [0.15, 0.2) is 57.1 Å². The minimum absolute atomic E-state index is 0.0554. The van der Waals surface area contributed by atoms with Crippen molar-refractivity contribution in [2.24, 2.45) is 0 Å². The predicted molar refractivity (Wildman–Crippen MR) is 111 cm³/mol. The summed E-state index contributed by atoms with van der Waals surface area (Å²) in [6.45, 7) is 3.80. The van der Waals surface area contributed by atoms with Crippen molar-refractivity contribution in [1.29, 1.82) is 0 Å². The van der Waals surface area contributed by atoms with Crippen molar-refractivity contribution >= 4 is 34.1 Å². The number of thiophene rings is 1. The van der Waals surface area contributed by atoms with Crippen molar-refractivity contribution in [1.82, 2.24) is 15.1 Å². The van der Waals surface area contributed by atoms with Crippen LogP contribution in [0.25, 0.3) is 11.0 Å². The summed E-state index contributed by atoms with van der Waals surface area (Å²) >= 11 is 1.42. The second kappa shape index (κ2) is 8.59. The van der Waals surface area contributed by atoms with Crippen LogP contribution >= 0.6 is 11.3 Å². The molecular formula is C21H21N3O4S. The van der Waals surface area contributed by atoms with Gasteiger partial charge in [-0.25, -0.2) is 0 Å². The molecule has 4 rings (SSSR count). The Bertz CT molecular complexity index is 1070. The third-order valence-corrected chi connectivity index (χ3v) is 5.83. The minimum Gasteiger partial charge on any atom is -0.451 e. The van der Waals surface area contributed by atoms with Crippen molar-refractivity contribution in [3.8, 4) is 0 Å². The summed E-state index contributed by atoms with van der Waals surface area (Å²) in [6, 6.07) is 11.8. The number of carbonyl (C=O) groups is 2. The van der Waals surface area contributed by atoms with Crippen LogP contribution in [-0.4, -0.2) is 60.9 Å². The Morgan fingerprint density at radius 1 is 1.07 bits per heavy atom. The van der Waals surface area contributed by atoms with E-state index in [-0.39, 0.29) is 23.0 Å². The van der Waals surface area contributed by atoms with Crippen LogP contribution in [-0.2, 0) is 0 Å². The summed E-state index contributed by atoms with van der Waals surface area (Å²) in [4.78, 5) is 41.6. The number of benzene rings is 1. The van der Waals surface area contributed by atoms with Gasteiger partial charge in [0.05, 0.1) is 10.3 Å². The Hall–Kier alpha value is -2.97. The monoisotopic (exact) mass is 411 g/mol. The average molecular weight is 411 g/mol. The maximum Gasteiger partial charge on any atom is 0.289 e. The molecule has 0 aliphatic carbocycles. The fraction of sp³-hybridized carbons (Fsp3) is 0.286. The maximum atomic E-state index is 12.8. The zero-order valence-corrected chi connectivity index (χ0v) is 16.6. The molecule has 2 amide bonds. The first-order valence-corrected chi connectivity index (χ1v) is 10.4. The van der Waals surface area contributed by atoms with Crippen molar-refractivity contribution in [3.05, 3.63) is 68.7 Å². The number of nitrogens with zero attached hydrogens (tertiary/aromatic N) is 2. The first-order chi connectivity index (χ1) is 14.1. The molecule has 1 aromatic carbocycles. The third-order valence-electron chi connectivity index (χ3n) is 4.96. The lowest BCUT2D eigenvalue weighted by molar-refractivity contribution is 0.0608. The van der Waals surface area contributed by atoms with Crippen molar-refractivity contribution in [2.45, 2.75) is 0 Å². The molecule has 8 heteroatoms. The standard InChI is InChI=1S/C21H21N3O4S/c25-16-14-18(28-17-5-2-1-4-15(16)17)21(27)24-11-9-23(10-12-24)8-7-22-20(26)19-6-3-13-29-19/h1-6,13-14H,7-12H2,(H,22,26). The average Bonchev–Trinajstić information content (AvgIpc) is 3.29. The summed E-state index contributed by atoms with van der Waals surface area (Å²) < 4.78 is 5.66. The fourth-order valence-electron chi connectivity index (χ4n) is 3.36. The summed E-state index contributed by atoms with van der Waals surface area (Å²) in [6.07, 6.45) is 0. The normalized spacial score (nSPS) is 14.8. The highest BCUT2D eigenvalue weighted by atomic mass is 32.1. The molecular weight excluding hydrogens is 390 g/mol. The van der Waals surface area contributed by atoms with Gasteiger partial charge in [0.15, 0.2) is 11.2 Å². The van der Waals surface area contributed by atoms with Gasteiger partial charge in [-0.3, -0.25) is 19.3 Å². The summed E-state index contributed by atoms with van der Waals surface area (Å²) in [7, 11) is 0. The second-order valence-corrected chi connectivity index (χ2v) is 7.79. The Kier molecular flexibility index (Phi) is 5.73. The second-order valence-electron chi connectivity index (χ2n) is 6.84. The predicted octanol–water partition coefficient (Wildman–Crippen LogP) is 2.04. The van der Waals surface area contributed by atoms with E-state index in [4.69, 9.17) is 4.42 Å². The van der Waals surface area contributed by atoms with E-state index in [9.17, 15) is 14.4 Å². The van der Waals surface area contributed by atoms with E-state index in [0.717, 1.165) is 6.54 Å². The number of fused-ring (bicyclic) bond motifs is 1. The molecule has 1 saturated heterocycles. The molecule has 0 atom stereocenters. The van der Waals surface area contributed by atoms with E-state index >= 15 is 0 Å². The smallest absolute Gasteiger partial charge is 0.289 e. The first kappa shape index (κ1) is 19.4. The van der Waals surface area contributed by atoms with Gasteiger partial charge < -0.3 is 14.6 Å². The minimum atomic E-state index is -0.265. The Balaban J connectivity index is 1.30. The van der Waals surface area contributed by atoms with Gasteiger partial charge in [-0.05, 0) is 23.6 Å². The van der Waals surface area contributed by atoms with Crippen LogP contribution in [0, 0.1) is 0 Å². The lowest BCUT2D eigenvalue weighted by Gasteiger charge is -2.34. The number of hydrogen-bond acceptors (Lipinski definition) is 6. The lowest BCUT2D eigenvalue weighted by Crippen LogP contribution is -2.50. The Morgan fingerprint density at radius 3 is 2.62 bits per heavy atom. The molecule has 150 valence electrons. The molecule has 0 spiro atoms. The maximum absolute atomic E-state index is 12.8. The molecule has 0 saturated carbocycles. The van der Waals surface area contributed by atoms with Crippen molar-refractivity contribution in [2.75, 3.05) is 39.3 Å². The Labute approximate surface area is 171 Å². The SMILES string of the molecule is O=C(NCCN1CCN(C(=O)c2cc(=O)c3ccccc3o2)CC1)c1cccs1. The number of nitrogens with one attached hydrogen (secondary N) is 1. The summed E-state index contributed by atoms with van der Waals surface area (Å²) in [5.74, 6) is -0.246. The van der Waals surface area contributed by atoms with Gasteiger partial charge in [0.2, 0.25) is 0 Å². The van der Waals surface area contributed by atoms with E-state index in [1.807, 2.05) is 11.4 Å². The van der Waals surface area contributed by atoms with Crippen LogP contribution in [0.2, 0.25) is 0 Å². The quantitative estimate of drug-likeness (QED) is 0.695. The number of hydrogen-bond donors (Lipinski definition) is 1. The molecule has 3 aromatic rings. The van der Waals surface area contributed by atoms with Crippen LogP contribution in [0.5, 0.6) is 0 Å². The van der Waals surface area contributed by atoms with Crippen LogP contribution in [0.4, 0.5) is 0 Å². The van der Waals surface area contributed by atoms with Crippen LogP contribution in [0.1, 0.15) is 20.2 Å². The van der Waals surface area contributed by atoms with E-state index in [1.165, 1.54) is 17.4 Å². The van der Waals surface area contributed by atoms with E-state index < -0.39 is 0 Å². The topological polar surface area (TPSA) is 82.9 Å². The zero-order chi connectivity index (χ0) is 20.2. The molecule has 0 unspecified atom stereocenters. The van der Waals surface area contributed by atoms with Crippen LogP contribution < -0.4 is 10.7 Å². The van der Waals surface area contributed by atoms with E-state index in [0.29, 0.717) is 48.6 Å². The highest BCUT2D eigenvalue weighted by Crippen LogP contribution is 2.14. The number of piperazine rings is 1. The van der Waals surface area contributed by atoms with Crippen molar-refractivity contribution in [3.63, 3.8) is 0 Å². The third kappa shape index (κ3) is 4.38. The fourth-order valence-corrected chi connectivity index (χ4v) is 4.00. The van der Waals surface area contributed by atoms with Gasteiger partial charge in [-0.2, -0.15) is 0 Å². The Morgan fingerprint density at radius 2 is 1.86 bits per heavy atom. The number of amides is 2. The van der Waals surface area contributed by atoms with Gasteiger partial charge in [0.25, 0.3) is 11.8 Å². The largest absolute Gasteiger partial charge is 0.451 e. The molecule has 2 aromatic heterocycles. The molecule has 0 bridgehead atoms. The van der Waals surface area contributed by atoms with E-state index in [1.54, 1.807) is 35.2 Å². The molecule has 1 aliphatic rings. The molecule has 0 radical (unpaired) electrons. The first-order valence-electron chi connectivity index (χ1n) is 9.48. The van der Waals surface area contributed by atoms with Gasteiger partial charge >= 0.3 is 0 Å². The van der Waals surface area contributed by atoms with E-state index in [2.05, 4.69) is 10.2 Å². The van der Waals surface area contributed by atoms with Gasteiger partial charge in [0.1, 0.15) is 5.58 Å². The van der Waals surface area contributed by atoms with Gasteiger partial charge in [0, 0.05) is 45.3 Å². The molecule has 3 heterocycles. The number of carbonyl (C=O) groups excluding carboxylic acids is 2. The molecule has 1 fully saturated rings. The lowest BCUT2D eigenvalue weighted by atomic mass is 10.2. The van der Waals surface area contributed by atoms with Crippen molar-refractivity contribution < 1.29 is 14.0 Å². The van der Waals surface area contributed by atoms with Gasteiger partial charge in [-0.15, -0.1) is 11.3 Å². The molecule has 1 aliphatic heterocycles. The highest BCUT2D eigenvalue weighted by Gasteiger charge is 2.24. The number of para-hydroxylation sites is 1. The zero-order valence-electron chi connectivity index (χ0n) is 15.8. The highest BCUT2D eigenvalue weighted by molar-refractivity contribution is 7.12. The summed E-state index contributed by atoms with van der Waals surface area (Å²) in [5, 5.41) is 5.26. The molecule has 7 nitrogen and oxygen atoms in total. The molecule has 1 N–H and O–H groups in total. The summed E-state index contributed by atoms with van der Waals surface area (Å²) in [5.41, 5.74) is 0.207. The number of rotatable bonds is 5. The van der Waals surface area contributed by atoms with Crippen LogP contribution in [0.3, 0.4) is 0 Å². The van der Waals surface area contributed by atoms with Gasteiger partial charge in [-0.1, -0.05) is 18.2 Å². The molecule has 29 heavy (non-hydrogen) atoms.